The van der Waals surface area contributed by atoms with E-state index in [9.17, 15) is 19.2 Å². The summed E-state index contributed by atoms with van der Waals surface area (Å²) in [7, 11) is 0. The van der Waals surface area contributed by atoms with Crippen molar-refractivity contribution in [3.8, 4) is 0 Å². The Labute approximate surface area is 149 Å². The number of amides is 3. The third-order valence-electron chi connectivity index (χ3n) is 3.16. The monoisotopic (exact) mass is 370 g/mol. The molecule has 1 unspecified atom stereocenters. The number of nitrogens with one attached hydrogen (secondary N) is 3. The van der Waals surface area contributed by atoms with Gasteiger partial charge in [0.2, 0.25) is 17.7 Å². The molecule has 0 radical (unpaired) electrons. The predicted molar refractivity (Wildman–Crippen MR) is 91.3 cm³/mol. The molecular formula is C15H22N4O5S. The maximum Gasteiger partial charge on any atom is 0.347 e. The van der Waals surface area contributed by atoms with E-state index in [2.05, 4.69) is 20.9 Å². The normalized spacial score (nSPS) is 11.5. The van der Waals surface area contributed by atoms with Crippen molar-refractivity contribution in [3.63, 3.8) is 0 Å². The van der Waals surface area contributed by atoms with Crippen LogP contribution in [0.1, 0.15) is 53.1 Å². The van der Waals surface area contributed by atoms with Gasteiger partial charge in [-0.1, -0.05) is 0 Å². The summed E-state index contributed by atoms with van der Waals surface area (Å²) in [4.78, 5) is 49.5. The van der Waals surface area contributed by atoms with Gasteiger partial charge in [0.1, 0.15) is 9.88 Å². The zero-order chi connectivity index (χ0) is 19.0. The zero-order valence-electron chi connectivity index (χ0n) is 14.3. The van der Waals surface area contributed by atoms with Gasteiger partial charge in [-0.05, 0) is 13.8 Å². The van der Waals surface area contributed by atoms with E-state index in [-0.39, 0.29) is 35.4 Å². The van der Waals surface area contributed by atoms with Crippen LogP contribution >= 0.6 is 11.3 Å². The second-order valence-electron chi connectivity index (χ2n) is 5.39. The summed E-state index contributed by atoms with van der Waals surface area (Å²) in [6.07, 6.45) is 0.0301. The number of aromatic carboxylic acids is 1. The molecule has 4 N–H and O–H groups in total. The third kappa shape index (κ3) is 7.29. The molecule has 0 saturated carbocycles. The fraction of sp³-hybridized carbons (Fsp3) is 0.533. The molecule has 0 saturated heterocycles. The molecular weight excluding hydrogens is 348 g/mol. The second-order valence-corrected chi connectivity index (χ2v) is 6.42. The van der Waals surface area contributed by atoms with Crippen molar-refractivity contribution in [2.24, 2.45) is 0 Å². The van der Waals surface area contributed by atoms with Crippen molar-refractivity contribution >= 4 is 35.0 Å². The molecule has 9 nitrogen and oxygen atoms in total. The number of carboxylic acid groups (broad SMARTS) is 1. The number of hydrogen-bond donors (Lipinski definition) is 4. The fourth-order valence-electron chi connectivity index (χ4n) is 1.93. The standard InChI is InChI=1S/C15H22N4O5S/c1-8-13(15(23)24)25-14(19-8)9(2)18-12(22)5-4-11(21)17-7-6-16-10(3)20/h9H,4-7H2,1-3H3,(H,16,20)(H,17,21)(H,18,22)(H,23,24). The molecule has 0 aromatic carbocycles. The quantitative estimate of drug-likeness (QED) is 0.463. The number of carbonyl (C=O) groups excluding carboxylic acids is 3. The summed E-state index contributed by atoms with van der Waals surface area (Å²) in [6.45, 7) is 5.32. The molecule has 1 aromatic heterocycles. The molecule has 138 valence electrons. The van der Waals surface area contributed by atoms with E-state index in [0.29, 0.717) is 23.8 Å². The van der Waals surface area contributed by atoms with E-state index in [0.717, 1.165) is 11.3 Å². The lowest BCUT2D eigenvalue weighted by Crippen LogP contribution is -2.34. The Balaban J connectivity index is 2.36. The highest BCUT2D eigenvalue weighted by Gasteiger charge is 2.19. The Bertz CT molecular complexity index is 658. The number of carbonyl (C=O) groups is 4. The van der Waals surface area contributed by atoms with E-state index in [4.69, 9.17) is 5.11 Å². The van der Waals surface area contributed by atoms with Gasteiger partial charge in [-0.3, -0.25) is 14.4 Å². The molecule has 0 bridgehead atoms. The second kappa shape index (κ2) is 9.72. The van der Waals surface area contributed by atoms with Crippen molar-refractivity contribution in [2.75, 3.05) is 13.1 Å². The van der Waals surface area contributed by atoms with Crippen LogP contribution in [0.15, 0.2) is 0 Å². The van der Waals surface area contributed by atoms with Crippen LogP contribution in [0.25, 0.3) is 0 Å². The first-order chi connectivity index (χ1) is 11.7. The predicted octanol–water partition coefficient (Wildman–Crippen LogP) is 0.359. The minimum absolute atomic E-state index is 0.00640. The lowest BCUT2D eigenvalue weighted by molar-refractivity contribution is -0.126. The number of hydrogen-bond acceptors (Lipinski definition) is 6. The first-order valence-corrected chi connectivity index (χ1v) is 8.53. The number of nitrogens with zero attached hydrogens (tertiary/aromatic N) is 1. The molecule has 0 aliphatic carbocycles. The van der Waals surface area contributed by atoms with E-state index < -0.39 is 12.0 Å². The lowest BCUT2D eigenvalue weighted by atomic mass is 10.2. The summed E-state index contributed by atoms with van der Waals surface area (Å²) in [5.74, 6) is -1.83. The summed E-state index contributed by atoms with van der Waals surface area (Å²) in [6, 6.07) is -0.438. The first-order valence-electron chi connectivity index (χ1n) is 7.71. The van der Waals surface area contributed by atoms with Gasteiger partial charge in [-0.25, -0.2) is 9.78 Å². The van der Waals surface area contributed by atoms with E-state index in [1.165, 1.54) is 6.92 Å². The molecule has 25 heavy (non-hydrogen) atoms. The van der Waals surface area contributed by atoms with Gasteiger partial charge in [-0.15, -0.1) is 11.3 Å². The molecule has 1 aromatic rings. The topological polar surface area (TPSA) is 137 Å². The van der Waals surface area contributed by atoms with Crippen LogP contribution in [0.3, 0.4) is 0 Å². The van der Waals surface area contributed by atoms with Gasteiger partial charge in [0.15, 0.2) is 0 Å². The van der Waals surface area contributed by atoms with Crippen molar-refractivity contribution < 1.29 is 24.3 Å². The van der Waals surface area contributed by atoms with Gasteiger partial charge >= 0.3 is 5.97 Å². The molecule has 0 spiro atoms. The van der Waals surface area contributed by atoms with Gasteiger partial charge in [0, 0.05) is 32.9 Å². The maximum atomic E-state index is 11.9. The number of aromatic nitrogens is 1. The van der Waals surface area contributed by atoms with Crippen LogP contribution in [-0.4, -0.2) is 46.9 Å². The van der Waals surface area contributed by atoms with Crippen molar-refractivity contribution in [1.29, 1.82) is 0 Å². The van der Waals surface area contributed by atoms with Gasteiger partial charge < -0.3 is 21.1 Å². The summed E-state index contributed by atoms with van der Waals surface area (Å²) >= 11 is 1.02. The summed E-state index contributed by atoms with van der Waals surface area (Å²) in [5, 5.41) is 17.4. The fourth-order valence-corrected chi connectivity index (χ4v) is 2.84. The van der Waals surface area contributed by atoms with Crippen LogP contribution in [-0.2, 0) is 14.4 Å². The lowest BCUT2D eigenvalue weighted by Gasteiger charge is -2.11. The number of rotatable bonds is 9. The molecule has 1 rings (SSSR count). The molecule has 1 atom stereocenters. The van der Waals surface area contributed by atoms with Gasteiger partial charge in [0.25, 0.3) is 0 Å². The van der Waals surface area contributed by atoms with Gasteiger partial charge in [0.05, 0.1) is 11.7 Å². The molecule has 1 heterocycles. The van der Waals surface area contributed by atoms with Crippen molar-refractivity contribution in [3.05, 3.63) is 15.6 Å². The SMILES string of the molecule is CC(=O)NCCNC(=O)CCC(=O)NC(C)c1nc(C)c(C(=O)O)s1. The minimum Gasteiger partial charge on any atom is -0.477 e. The number of carboxylic acids is 1. The molecule has 0 fully saturated rings. The van der Waals surface area contributed by atoms with E-state index >= 15 is 0 Å². The maximum absolute atomic E-state index is 11.9. The van der Waals surface area contributed by atoms with E-state index in [1.807, 2.05) is 0 Å². The van der Waals surface area contributed by atoms with E-state index in [1.54, 1.807) is 13.8 Å². The first kappa shape index (κ1) is 20.6. The average Bonchev–Trinajstić information content (AvgIpc) is 2.91. The molecule has 0 aliphatic rings. The molecule has 3 amide bonds. The van der Waals surface area contributed by atoms with Crippen LogP contribution in [0.5, 0.6) is 0 Å². The van der Waals surface area contributed by atoms with Crippen LogP contribution in [0, 0.1) is 6.92 Å². The number of thiazole rings is 1. The highest BCUT2D eigenvalue weighted by atomic mass is 32.1. The highest BCUT2D eigenvalue weighted by Crippen LogP contribution is 2.23. The molecule has 0 aliphatic heterocycles. The Kier molecular flexibility index (Phi) is 7.99. The van der Waals surface area contributed by atoms with Gasteiger partial charge in [-0.2, -0.15) is 0 Å². The Hall–Kier alpha value is -2.49. The smallest absolute Gasteiger partial charge is 0.347 e. The van der Waals surface area contributed by atoms with Crippen molar-refractivity contribution in [2.45, 2.75) is 39.7 Å². The number of aryl methyl sites for hydroxylation is 1. The summed E-state index contributed by atoms with van der Waals surface area (Å²) < 4.78 is 0. The highest BCUT2D eigenvalue weighted by molar-refractivity contribution is 7.13. The van der Waals surface area contributed by atoms with Crippen LogP contribution < -0.4 is 16.0 Å². The zero-order valence-corrected chi connectivity index (χ0v) is 15.2. The third-order valence-corrected chi connectivity index (χ3v) is 4.48. The largest absolute Gasteiger partial charge is 0.477 e. The minimum atomic E-state index is -1.05. The summed E-state index contributed by atoms with van der Waals surface area (Å²) in [5.41, 5.74) is 0.409. The Morgan fingerprint density at radius 2 is 1.72 bits per heavy atom. The Morgan fingerprint density at radius 3 is 2.28 bits per heavy atom. The molecule has 10 heteroatoms. The van der Waals surface area contributed by atoms with Crippen LogP contribution in [0.4, 0.5) is 0 Å². The van der Waals surface area contributed by atoms with Crippen LogP contribution in [0.2, 0.25) is 0 Å². The van der Waals surface area contributed by atoms with Crippen molar-refractivity contribution in [1.82, 2.24) is 20.9 Å². The average molecular weight is 370 g/mol. The Morgan fingerprint density at radius 1 is 1.12 bits per heavy atom.